The van der Waals surface area contributed by atoms with Crippen LogP contribution in [-0.2, 0) is 27.8 Å². The Morgan fingerprint density at radius 3 is 2.52 bits per heavy atom. The average molecular weight is 418 g/mol. The molecule has 3 rings (SSSR count). The van der Waals surface area contributed by atoms with E-state index < -0.39 is 10.0 Å². The minimum absolute atomic E-state index is 0.0440. The Bertz CT molecular complexity index is 1040. The topological polar surface area (TPSA) is 118 Å². The van der Waals surface area contributed by atoms with Crippen LogP contribution in [0.15, 0.2) is 17.2 Å². The molecule has 0 aliphatic carbocycles. The van der Waals surface area contributed by atoms with Crippen molar-refractivity contribution in [2.45, 2.75) is 52.0 Å². The van der Waals surface area contributed by atoms with Crippen molar-refractivity contribution in [2.24, 2.45) is 0 Å². The number of nitrogens with one attached hydrogen (secondary N) is 1. The second kappa shape index (κ2) is 8.08. The molecule has 0 atom stereocenters. The third-order valence-electron chi connectivity index (χ3n) is 5.51. The second-order valence-corrected chi connectivity index (χ2v) is 9.21. The van der Waals surface area contributed by atoms with Crippen LogP contribution in [0.2, 0.25) is 0 Å². The maximum absolute atomic E-state index is 12.9. The molecular formula is C20H27N5O3S. The molecule has 0 bridgehead atoms. The zero-order valence-corrected chi connectivity index (χ0v) is 18.1. The first-order chi connectivity index (χ1) is 13.6. The van der Waals surface area contributed by atoms with Gasteiger partial charge in [0.25, 0.3) is 0 Å². The zero-order valence-electron chi connectivity index (χ0n) is 17.2. The van der Waals surface area contributed by atoms with Crippen molar-refractivity contribution in [1.29, 1.82) is 0 Å². The highest BCUT2D eigenvalue weighted by Gasteiger charge is 2.24. The molecule has 1 amide bonds. The highest BCUT2D eigenvalue weighted by atomic mass is 32.2. The van der Waals surface area contributed by atoms with E-state index in [2.05, 4.69) is 14.7 Å². The van der Waals surface area contributed by atoms with Gasteiger partial charge in [0, 0.05) is 25.7 Å². The Hall–Kier alpha value is -2.52. The Morgan fingerprint density at radius 1 is 1.21 bits per heavy atom. The van der Waals surface area contributed by atoms with Gasteiger partial charge in [-0.1, -0.05) is 6.07 Å². The summed E-state index contributed by atoms with van der Waals surface area (Å²) in [5.74, 6) is 0.0643. The van der Waals surface area contributed by atoms with Gasteiger partial charge in [0.15, 0.2) is 0 Å². The van der Waals surface area contributed by atoms with E-state index in [4.69, 9.17) is 5.73 Å². The fourth-order valence-corrected chi connectivity index (χ4v) is 5.28. The smallest absolute Gasteiger partial charge is 0.241 e. The van der Waals surface area contributed by atoms with Gasteiger partial charge >= 0.3 is 0 Å². The molecule has 0 unspecified atom stereocenters. The summed E-state index contributed by atoms with van der Waals surface area (Å²) in [6.07, 6.45) is 2.44. The fraction of sp³-hybridized carbons (Fsp3) is 0.450. The number of hydrogen-bond donors (Lipinski definition) is 2. The first-order valence-corrected chi connectivity index (χ1v) is 11.0. The molecule has 29 heavy (non-hydrogen) atoms. The van der Waals surface area contributed by atoms with Crippen molar-refractivity contribution in [1.82, 2.24) is 19.6 Å². The molecule has 2 heterocycles. The van der Waals surface area contributed by atoms with Crippen molar-refractivity contribution in [3.05, 3.63) is 45.8 Å². The maximum atomic E-state index is 12.9. The number of carbonyl (C=O) groups is 1. The quantitative estimate of drug-likeness (QED) is 0.762. The van der Waals surface area contributed by atoms with Gasteiger partial charge in [0.2, 0.25) is 21.9 Å². The van der Waals surface area contributed by atoms with Crippen LogP contribution >= 0.6 is 0 Å². The fourth-order valence-electron chi connectivity index (χ4n) is 3.64. The standard InChI is InChI=1S/C20H27N5O3S/c1-12-9-13(2)15(4)19(14(12)3)29(27,28)23-7-5-18(26)25-8-6-16-10-22-20(21)24-17(16)11-25/h9-10,23H,5-8,11H2,1-4H3,(H2,21,22,24). The third-order valence-corrected chi connectivity index (χ3v) is 7.25. The summed E-state index contributed by atoms with van der Waals surface area (Å²) in [4.78, 5) is 22.7. The van der Waals surface area contributed by atoms with E-state index in [9.17, 15) is 13.2 Å². The molecule has 3 N–H and O–H groups in total. The number of nitrogens with zero attached hydrogens (tertiary/aromatic N) is 3. The largest absolute Gasteiger partial charge is 0.368 e. The van der Waals surface area contributed by atoms with E-state index in [0.29, 0.717) is 24.4 Å². The first-order valence-electron chi connectivity index (χ1n) is 9.55. The van der Waals surface area contributed by atoms with Crippen LogP contribution in [-0.4, -0.2) is 42.3 Å². The Morgan fingerprint density at radius 2 is 1.86 bits per heavy atom. The number of nitrogen functional groups attached to an aromatic ring is 1. The van der Waals surface area contributed by atoms with Crippen molar-refractivity contribution < 1.29 is 13.2 Å². The maximum Gasteiger partial charge on any atom is 0.241 e. The second-order valence-electron chi connectivity index (χ2n) is 7.50. The molecule has 0 saturated heterocycles. The van der Waals surface area contributed by atoms with Crippen LogP contribution in [0, 0.1) is 27.7 Å². The summed E-state index contributed by atoms with van der Waals surface area (Å²) < 4.78 is 28.3. The van der Waals surface area contributed by atoms with Gasteiger partial charge in [0.05, 0.1) is 17.1 Å². The lowest BCUT2D eigenvalue weighted by molar-refractivity contribution is -0.132. The number of benzene rings is 1. The number of nitrogens with two attached hydrogens (primary N) is 1. The molecule has 2 aromatic rings. The first kappa shape index (κ1) is 21.2. The molecule has 1 aromatic heterocycles. The molecule has 156 valence electrons. The van der Waals surface area contributed by atoms with Gasteiger partial charge in [-0.05, 0) is 61.9 Å². The number of sulfonamides is 1. The van der Waals surface area contributed by atoms with Crippen molar-refractivity contribution in [2.75, 3.05) is 18.8 Å². The number of anilines is 1. The summed E-state index contributed by atoms with van der Waals surface area (Å²) in [5.41, 5.74) is 10.7. The number of aromatic nitrogens is 2. The van der Waals surface area contributed by atoms with Crippen LogP contribution < -0.4 is 10.5 Å². The number of aryl methyl sites for hydroxylation is 2. The summed E-state index contributed by atoms with van der Waals surface area (Å²) in [7, 11) is -3.71. The molecule has 1 aliphatic rings. The minimum Gasteiger partial charge on any atom is -0.368 e. The molecule has 8 nitrogen and oxygen atoms in total. The monoisotopic (exact) mass is 417 g/mol. The predicted octanol–water partition coefficient (Wildman–Crippen LogP) is 1.55. The SMILES string of the molecule is Cc1cc(C)c(C)c(S(=O)(=O)NCCC(=O)N2CCc3cnc(N)nc3C2)c1C. The molecule has 0 fully saturated rings. The van der Waals surface area contributed by atoms with Crippen LogP contribution in [0.3, 0.4) is 0 Å². The third kappa shape index (κ3) is 4.40. The highest BCUT2D eigenvalue weighted by molar-refractivity contribution is 7.89. The zero-order chi connectivity index (χ0) is 21.3. The number of carbonyl (C=O) groups excluding carboxylic acids is 1. The lowest BCUT2D eigenvalue weighted by Gasteiger charge is -2.28. The molecule has 0 saturated carbocycles. The average Bonchev–Trinajstić information content (AvgIpc) is 2.65. The lowest BCUT2D eigenvalue weighted by Crippen LogP contribution is -2.38. The van der Waals surface area contributed by atoms with E-state index in [1.807, 2.05) is 19.9 Å². The predicted molar refractivity (Wildman–Crippen MR) is 111 cm³/mol. The Balaban J connectivity index is 1.65. The van der Waals surface area contributed by atoms with Gasteiger partial charge < -0.3 is 10.6 Å². The minimum atomic E-state index is -3.71. The summed E-state index contributed by atoms with van der Waals surface area (Å²) in [5, 5.41) is 0. The normalized spacial score (nSPS) is 14.0. The van der Waals surface area contributed by atoms with Gasteiger partial charge in [-0.25, -0.2) is 23.1 Å². The summed E-state index contributed by atoms with van der Waals surface area (Å²) in [6, 6.07) is 1.98. The number of hydrogen-bond acceptors (Lipinski definition) is 6. The van der Waals surface area contributed by atoms with Gasteiger partial charge in [0.1, 0.15) is 0 Å². The van der Waals surface area contributed by atoms with Crippen LogP contribution in [0.1, 0.15) is 39.9 Å². The van der Waals surface area contributed by atoms with Gasteiger partial charge in [-0.15, -0.1) is 0 Å². The molecule has 0 radical (unpaired) electrons. The van der Waals surface area contributed by atoms with Crippen LogP contribution in [0.25, 0.3) is 0 Å². The van der Waals surface area contributed by atoms with Crippen molar-refractivity contribution in [3.8, 4) is 0 Å². The summed E-state index contributed by atoms with van der Waals surface area (Å²) in [6.45, 7) is 8.37. The molecule has 1 aromatic carbocycles. The van der Waals surface area contributed by atoms with E-state index in [-0.39, 0.29) is 24.8 Å². The Labute approximate surface area is 171 Å². The van der Waals surface area contributed by atoms with E-state index in [1.54, 1.807) is 24.9 Å². The molecule has 1 aliphatic heterocycles. The molecule has 0 spiro atoms. The Kier molecular flexibility index (Phi) is 5.90. The molecule has 9 heteroatoms. The number of fused-ring (bicyclic) bond motifs is 1. The van der Waals surface area contributed by atoms with Gasteiger partial charge in [-0.3, -0.25) is 4.79 Å². The number of rotatable bonds is 5. The van der Waals surface area contributed by atoms with Crippen molar-refractivity contribution in [3.63, 3.8) is 0 Å². The van der Waals surface area contributed by atoms with E-state index in [0.717, 1.165) is 33.5 Å². The van der Waals surface area contributed by atoms with Gasteiger partial charge in [-0.2, -0.15) is 0 Å². The van der Waals surface area contributed by atoms with E-state index >= 15 is 0 Å². The van der Waals surface area contributed by atoms with E-state index in [1.165, 1.54) is 0 Å². The molecular weight excluding hydrogens is 390 g/mol. The summed E-state index contributed by atoms with van der Waals surface area (Å²) >= 11 is 0. The van der Waals surface area contributed by atoms with Crippen LogP contribution in [0.5, 0.6) is 0 Å². The lowest BCUT2D eigenvalue weighted by atomic mass is 10.0. The van der Waals surface area contributed by atoms with Crippen molar-refractivity contribution >= 4 is 21.9 Å². The number of amides is 1. The van der Waals surface area contributed by atoms with Crippen LogP contribution in [0.4, 0.5) is 5.95 Å². The highest BCUT2D eigenvalue weighted by Crippen LogP contribution is 2.26.